The van der Waals surface area contributed by atoms with Crippen LogP contribution in [0, 0.1) is 6.92 Å². The molecule has 1 nitrogen and oxygen atoms in total. The molecule has 0 atom stereocenters. The number of rotatable bonds is 0. The summed E-state index contributed by atoms with van der Waals surface area (Å²) >= 11 is 0. The first-order chi connectivity index (χ1) is 7.33. The van der Waals surface area contributed by atoms with Gasteiger partial charge in [-0.3, -0.25) is 0 Å². The van der Waals surface area contributed by atoms with Crippen LogP contribution in [0.5, 0.6) is 5.75 Å². The van der Waals surface area contributed by atoms with E-state index in [9.17, 15) is 0 Å². The number of ether oxygens (including phenoxy) is 1. The van der Waals surface area contributed by atoms with E-state index in [1.54, 1.807) is 0 Å². The maximum atomic E-state index is 5.67. The van der Waals surface area contributed by atoms with Gasteiger partial charge in [0.05, 0.1) is 6.61 Å². The highest BCUT2D eigenvalue weighted by Crippen LogP contribution is 2.30. The second kappa shape index (κ2) is 3.27. The minimum Gasteiger partial charge on any atom is -0.493 e. The third-order valence-corrected chi connectivity index (χ3v) is 3.02. The van der Waals surface area contributed by atoms with Crippen molar-refractivity contribution >= 4 is 10.8 Å². The Morgan fingerprint density at radius 3 is 2.93 bits per heavy atom. The van der Waals surface area contributed by atoms with Gasteiger partial charge in [-0.2, -0.15) is 0 Å². The Bertz CT molecular complexity index is 514. The maximum Gasteiger partial charge on any atom is 0.123 e. The lowest BCUT2D eigenvalue weighted by atomic mass is 10.00. The molecule has 15 heavy (non-hydrogen) atoms. The largest absolute Gasteiger partial charge is 0.493 e. The molecule has 0 amide bonds. The molecule has 0 saturated heterocycles. The van der Waals surface area contributed by atoms with E-state index in [-0.39, 0.29) is 0 Å². The molecule has 0 radical (unpaired) electrons. The van der Waals surface area contributed by atoms with Crippen LogP contribution in [0.15, 0.2) is 30.3 Å². The fourth-order valence-electron chi connectivity index (χ4n) is 2.22. The number of hydrogen-bond donors (Lipinski definition) is 0. The first-order valence-corrected chi connectivity index (χ1v) is 5.49. The Morgan fingerprint density at radius 2 is 2.00 bits per heavy atom. The van der Waals surface area contributed by atoms with Crippen LogP contribution in [0.25, 0.3) is 10.8 Å². The lowest BCUT2D eigenvalue weighted by molar-refractivity contribution is 0.289. The first-order valence-electron chi connectivity index (χ1n) is 5.49. The Morgan fingerprint density at radius 1 is 1.07 bits per heavy atom. The number of aryl methyl sites for hydroxylation is 2. The van der Waals surface area contributed by atoms with Gasteiger partial charge in [0.2, 0.25) is 0 Å². The molecule has 2 aromatic carbocycles. The smallest absolute Gasteiger partial charge is 0.123 e. The van der Waals surface area contributed by atoms with E-state index in [4.69, 9.17) is 4.74 Å². The van der Waals surface area contributed by atoms with Gasteiger partial charge >= 0.3 is 0 Å². The number of fused-ring (bicyclic) bond motifs is 2. The molecule has 1 heterocycles. The van der Waals surface area contributed by atoms with Crippen molar-refractivity contribution in [2.24, 2.45) is 0 Å². The molecular weight excluding hydrogens is 184 g/mol. The van der Waals surface area contributed by atoms with Gasteiger partial charge in [-0.1, -0.05) is 23.8 Å². The fraction of sp³-hybridized carbons (Fsp3) is 0.286. The van der Waals surface area contributed by atoms with E-state index in [0.717, 1.165) is 25.2 Å². The Labute approximate surface area is 89.7 Å². The van der Waals surface area contributed by atoms with Crippen LogP contribution in [-0.4, -0.2) is 6.61 Å². The summed E-state index contributed by atoms with van der Waals surface area (Å²) in [5.41, 5.74) is 2.66. The van der Waals surface area contributed by atoms with Gasteiger partial charge in [-0.05, 0) is 48.2 Å². The topological polar surface area (TPSA) is 9.23 Å². The lowest BCUT2D eigenvalue weighted by Crippen LogP contribution is -2.07. The summed E-state index contributed by atoms with van der Waals surface area (Å²) in [7, 11) is 0. The summed E-state index contributed by atoms with van der Waals surface area (Å²) in [5.74, 6) is 1.08. The van der Waals surface area contributed by atoms with E-state index in [0.29, 0.717) is 0 Å². The van der Waals surface area contributed by atoms with Gasteiger partial charge in [-0.25, -0.2) is 0 Å². The summed E-state index contributed by atoms with van der Waals surface area (Å²) in [5, 5.41) is 2.61. The summed E-state index contributed by atoms with van der Waals surface area (Å²) in [6, 6.07) is 11.0. The van der Waals surface area contributed by atoms with Crippen molar-refractivity contribution in [2.45, 2.75) is 19.8 Å². The average molecular weight is 198 g/mol. The zero-order valence-corrected chi connectivity index (χ0v) is 8.92. The second-order valence-corrected chi connectivity index (χ2v) is 4.26. The molecule has 0 spiro atoms. The van der Waals surface area contributed by atoms with Crippen molar-refractivity contribution in [3.8, 4) is 5.75 Å². The molecule has 0 N–H and O–H groups in total. The van der Waals surface area contributed by atoms with E-state index in [1.165, 1.54) is 21.9 Å². The Hall–Kier alpha value is -1.50. The highest BCUT2D eigenvalue weighted by atomic mass is 16.5. The third-order valence-electron chi connectivity index (χ3n) is 3.02. The van der Waals surface area contributed by atoms with E-state index in [1.807, 2.05) is 0 Å². The molecule has 1 aliphatic heterocycles. The molecule has 0 bridgehead atoms. The minimum atomic E-state index is 0.865. The zero-order valence-electron chi connectivity index (χ0n) is 8.92. The van der Waals surface area contributed by atoms with Crippen LogP contribution in [-0.2, 0) is 6.42 Å². The summed E-state index contributed by atoms with van der Waals surface area (Å²) in [6.45, 7) is 2.99. The lowest BCUT2D eigenvalue weighted by Gasteiger charge is -2.17. The van der Waals surface area contributed by atoms with Crippen LogP contribution in [0.1, 0.15) is 17.5 Å². The van der Waals surface area contributed by atoms with Gasteiger partial charge in [0.1, 0.15) is 5.75 Å². The molecule has 76 valence electrons. The minimum absolute atomic E-state index is 0.865. The third kappa shape index (κ3) is 1.48. The van der Waals surface area contributed by atoms with E-state index < -0.39 is 0 Å². The van der Waals surface area contributed by atoms with Crippen LogP contribution in [0.3, 0.4) is 0 Å². The summed E-state index contributed by atoms with van der Waals surface area (Å²) in [6.07, 6.45) is 2.30. The molecule has 0 fully saturated rings. The average Bonchev–Trinajstić information content (AvgIpc) is 2.26. The van der Waals surface area contributed by atoms with Crippen LogP contribution >= 0.6 is 0 Å². The van der Waals surface area contributed by atoms with Crippen molar-refractivity contribution in [2.75, 3.05) is 6.61 Å². The van der Waals surface area contributed by atoms with Gasteiger partial charge in [-0.15, -0.1) is 0 Å². The SMILES string of the molecule is Cc1ccc2cc3c(cc2c1)OCCC3. The number of benzene rings is 2. The van der Waals surface area contributed by atoms with Crippen molar-refractivity contribution in [3.63, 3.8) is 0 Å². The van der Waals surface area contributed by atoms with Gasteiger partial charge in [0.25, 0.3) is 0 Å². The molecule has 0 aliphatic carbocycles. The van der Waals surface area contributed by atoms with E-state index in [2.05, 4.69) is 37.3 Å². The van der Waals surface area contributed by atoms with Crippen LogP contribution < -0.4 is 4.74 Å². The highest BCUT2D eigenvalue weighted by Gasteiger charge is 2.10. The molecule has 0 saturated carbocycles. The Kier molecular flexibility index (Phi) is 1.91. The van der Waals surface area contributed by atoms with Gasteiger partial charge in [0.15, 0.2) is 0 Å². The van der Waals surface area contributed by atoms with Gasteiger partial charge < -0.3 is 4.74 Å². The predicted molar refractivity (Wildman–Crippen MR) is 62.5 cm³/mol. The van der Waals surface area contributed by atoms with Crippen molar-refractivity contribution in [1.82, 2.24) is 0 Å². The van der Waals surface area contributed by atoms with Crippen molar-refractivity contribution in [3.05, 3.63) is 41.5 Å². The molecule has 0 unspecified atom stereocenters. The summed E-state index contributed by atoms with van der Waals surface area (Å²) < 4.78 is 5.67. The van der Waals surface area contributed by atoms with E-state index >= 15 is 0 Å². The molecule has 2 aromatic rings. The summed E-state index contributed by atoms with van der Waals surface area (Å²) in [4.78, 5) is 0. The van der Waals surface area contributed by atoms with Gasteiger partial charge in [0, 0.05) is 0 Å². The second-order valence-electron chi connectivity index (χ2n) is 4.26. The molecule has 3 rings (SSSR count). The standard InChI is InChI=1S/C14H14O/c1-10-4-5-11-8-12-3-2-6-15-14(12)9-13(11)7-10/h4-5,7-9H,2-3,6H2,1H3. The van der Waals surface area contributed by atoms with Crippen molar-refractivity contribution < 1.29 is 4.74 Å². The molecular formula is C14H14O. The van der Waals surface area contributed by atoms with Crippen LogP contribution in [0.2, 0.25) is 0 Å². The van der Waals surface area contributed by atoms with Crippen LogP contribution in [0.4, 0.5) is 0 Å². The maximum absolute atomic E-state index is 5.67. The van der Waals surface area contributed by atoms with Crippen molar-refractivity contribution in [1.29, 1.82) is 0 Å². The monoisotopic (exact) mass is 198 g/mol. The Balaban J connectivity index is 2.26. The normalized spacial score (nSPS) is 14.7. The highest BCUT2D eigenvalue weighted by molar-refractivity contribution is 5.85. The molecule has 1 aliphatic rings. The fourth-order valence-corrected chi connectivity index (χ4v) is 2.22. The molecule has 1 heteroatoms. The zero-order chi connectivity index (χ0) is 10.3. The predicted octanol–water partition coefficient (Wildman–Crippen LogP) is 3.47. The molecule has 0 aromatic heterocycles. The quantitative estimate of drug-likeness (QED) is 0.629. The number of hydrogen-bond acceptors (Lipinski definition) is 1. The first kappa shape index (κ1) is 8.78.